The van der Waals surface area contributed by atoms with Crippen LogP contribution in [0.25, 0.3) is 0 Å². The number of rotatable bonds is 6. The van der Waals surface area contributed by atoms with E-state index in [0.717, 1.165) is 24.5 Å². The Bertz CT molecular complexity index is 583. The Morgan fingerprint density at radius 3 is 2.76 bits per heavy atom. The Morgan fingerprint density at radius 1 is 1.05 bits per heavy atom. The normalized spacial score (nSPS) is 14.1. The highest BCUT2D eigenvalue weighted by Crippen LogP contribution is 2.34. The lowest BCUT2D eigenvalue weighted by atomic mass is 10.1. The van der Waals surface area contributed by atoms with E-state index in [1.165, 1.54) is 17.5 Å². The molecule has 0 saturated carbocycles. The second kappa shape index (κ2) is 6.64. The highest BCUT2D eigenvalue weighted by molar-refractivity contribution is 5.47. The van der Waals surface area contributed by atoms with Crippen molar-refractivity contribution in [3.63, 3.8) is 0 Å². The molecule has 110 valence electrons. The quantitative estimate of drug-likeness (QED) is 0.884. The summed E-state index contributed by atoms with van der Waals surface area (Å²) in [6.07, 6.45) is 2.31. The van der Waals surface area contributed by atoms with Crippen molar-refractivity contribution in [2.24, 2.45) is 0 Å². The van der Waals surface area contributed by atoms with Crippen LogP contribution in [0.2, 0.25) is 0 Å². The monoisotopic (exact) mass is 284 g/mol. The zero-order valence-corrected chi connectivity index (χ0v) is 12.4. The maximum Gasteiger partial charge on any atom is 0.231 e. The minimum absolute atomic E-state index is 0.343. The molecule has 2 aromatic rings. The fourth-order valence-electron chi connectivity index (χ4n) is 2.64. The number of nitrogens with two attached hydrogens (primary N) is 1. The third kappa shape index (κ3) is 3.56. The minimum Gasteiger partial charge on any atom is -0.454 e. The molecule has 21 heavy (non-hydrogen) atoms. The standard InChI is InChI=1S/C18H21NO2/c1-14(10-11-15-6-3-2-4-7-15)19-12-16-8-5-9-17-18(16)21-13-20-17/h2-9,14,19H,10-13H2,1H3/p+1/t14-/m0/s1. The van der Waals surface area contributed by atoms with Crippen molar-refractivity contribution in [3.05, 3.63) is 59.7 Å². The van der Waals surface area contributed by atoms with Gasteiger partial charge in [-0.2, -0.15) is 0 Å². The second-order valence-electron chi connectivity index (χ2n) is 5.59. The summed E-state index contributed by atoms with van der Waals surface area (Å²) in [4.78, 5) is 0. The van der Waals surface area contributed by atoms with Gasteiger partial charge in [0.25, 0.3) is 0 Å². The first-order chi connectivity index (χ1) is 10.3. The van der Waals surface area contributed by atoms with E-state index in [1.807, 2.05) is 12.1 Å². The van der Waals surface area contributed by atoms with Crippen LogP contribution in [0.15, 0.2) is 48.5 Å². The van der Waals surface area contributed by atoms with Gasteiger partial charge in [0.05, 0.1) is 11.6 Å². The van der Waals surface area contributed by atoms with E-state index in [1.54, 1.807) is 0 Å². The van der Waals surface area contributed by atoms with Crippen LogP contribution in [0.5, 0.6) is 11.5 Å². The largest absolute Gasteiger partial charge is 0.454 e. The first-order valence-electron chi connectivity index (χ1n) is 7.57. The van der Waals surface area contributed by atoms with E-state index >= 15 is 0 Å². The van der Waals surface area contributed by atoms with Crippen molar-refractivity contribution in [2.45, 2.75) is 32.4 Å². The molecule has 1 atom stereocenters. The Morgan fingerprint density at radius 2 is 1.90 bits per heavy atom. The van der Waals surface area contributed by atoms with Gasteiger partial charge in [0.1, 0.15) is 6.54 Å². The Balaban J connectivity index is 1.50. The molecule has 0 spiro atoms. The van der Waals surface area contributed by atoms with E-state index in [0.29, 0.717) is 12.8 Å². The van der Waals surface area contributed by atoms with E-state index in [9.17, 15) is 0 Å². The zero-order valence-electron chi connectivity index (χ0n) is 12.4. The molecule has 2 aromatic carbocycles. The topological polar surface area (TPSA) is 35.1 Å². The van der Waals surface area contributed by atoms with Gasteiger partial charge in [0, 0.05) is 6.42 Å². The van der Waals surface area contributed by atoms with Crippen LogP contribution in [0.1, 0.15) is 24.5 Å². The molecule has 3 rings (SSSR count). The van der Waals surface area contributed by atoms with Crippen LogP contribution in [-0.4, -0.2) is 12.8 Å². The Kier molecular flexibility index (Phi) is 4.41. The molecule has 0 aliphatic carbocycles. The predicted molar refractivity (Wildman–Crippen MR) is 82.4 cm³/mol. The summed E-state index contributed by atoms with van der Waals surface area (Å²) in [7, 11) is 0. The van der Waals surface area contributed by atoms with Gasteiger partial charge in [-0.05, 0) is 31.0 Å². The highest BCUT2D eigenvalue weighted by Gasteiger charge is 2.18. The zero-order chi connectivity index (χ0) is 14.5. The van der Waals surface area contributed by atoms with Crippen LogP contribution in [-0.2, 0) is 13.0 Å². The molecule has 0 aromatic heterocycles. The molecular formula is C18H22NO2+. The third-order valence-electron chi connectivity index (χ3n) is 3.95. The molecule has 0 radical (unpaired) electrons. The minimum atomic E-state index is 0.343. The number of hydrogen-bond donors (Lipinski definition) is 1. The van der Waals surface area contributed by atoms with Crippen LogP contribution >= 0.6 is 0 Å². The fraction of sp³-hybridized carbons (Fsp3) is 0.333. The summed E-state index contributed by atoms with van der Waals surface area (Å²) in [6.45, 7) is 3.56. The molecule has 1 heterocycles. The van der Waals surface area contributed by atoms with E-state index in [2.05, 4.69) is 48.6 Å². The first kappa shape index (κ1) is 14.0. The van der Waals surface area contributed by atoms with E-state index < -0.39 is 0 Å². The number of ether oxygens (including phenoxy) is 2. The van der Waals surface area contributed by atoms with Crippen molar-refractivity contribution < 1.29 is 14.8 Å². The smallest absolute Gasteiger partial charge is 0.231 e. The Labute approximate surface area is 125 Å². The summed E-state index contributed by atoms with van der Waals surface area (Å²) in [5, 5.41) is 2.38. The number of hydrogen-bond acceptors (Lipinski definition) is 2. The summed E-state index contributed by atoms with van der Waals surface area (Å²) in [5.41, 5.74) is 2.63. The summed E-state index contributed by atoms with van der Waals surface area (Å²) in [5.74, 6) is 1.79. The van der Waals surface area contributed by atoms with E-state index in [-0.39, 0.29) is 0 Å². The number of para-hydroxylation sites is 1. The summed E-state index contributed by atoms with van der Waals surface area (Å²) >= 11 is 0. The number of benzene rings is 2. The van der Waals surface area contributed by atoms with Gasteiger partial charge in [-0.1, -0.05) is 36.4 Å². The SMILES string of the molecule is C[C@@H](CCc1ccccc1)[NH2+]Cc1cccc2c1OCO2. The number of fused-ring (bicyclic) bond motifs is 1. The van der Waals surface area contributed by atoms with Crippen molar-refractivity contribution >= 4 is 0 Å². The van der Waals surface area contributed by atoms with Crippen molar-refractivity contribution in [1.29, 1.82) is 0 Å². The van der Waals surface area contributed by atoms with Gasteiger partial charge in [0.2, 0.25) is 6.79 Å². The summed E-state index contributed by atoms with van der Waals surface area (Å²) in [6, 6.07) is 17.4. The molecule has 1 aliphatic rings. The molecule has 3 heteroatoms. The average molecular weight is 284 g/mol. The lowest BCUT2D eigenvalue weighted by molar-refractivity contribution is -0.701. The summed E-state index contributed by atoms with van der Waals surface area (Å²) < 4.78 is 11.0. The van der Waals surface area contributed by atoms with Gasteiger partial charge in [-0.15, -0.1) is 0 Å². The van der Waals surface area contributed by atoms with Gasteiger partial charge in [0.15, 0.2) is 11.5 Å². The molecule has 1 aliphatic heterocycles. The average Bonchev–Trinajstić information content (AvgIpc) is 3.01. The van der Waals surface area contributed by atoms with Crippen LogP contribution < -0.4 is 14.8 Å². The lowest BCUT2D eigenvalue weighted by Gasteiger charge is -2.12. The number of aryl methyl sites for hydroxylation is 1. The third-order valence-corrected chi connectivity index (χ3v) is 3.95. The highest BCUT2D eigenvalue weighted by atomic mass is 16.7. The van der Waals surface area contributed by atoms with Crippen molar-refractivity contribution in [2.75, 3.05) is 6.79 Å². The van der Waals surface area contributed by atoms with E-state index in [4.69, 9.17) is 9.47 Å². The maximum atomic E-state index is 5.55. The van der Waals surface area contributed by atoms with Crippen LogP contribution in [0.4, 0.5) is 0 Å². The Hall–Kier alpha value is -2.00. The van der Waals surface area contributed by atoms with Gasteiger partial charge < -0.3 is 14.8 Å². The molecule has 0 fully saturated rings. The lowest BCUT2D eigenvalue weighted by Crippen LogP contribution is -2.87. The molecule has 3 nitrogen and oxygen atoms in total. The predicted octanol–water partition coefficient (Wildman–Crippen LogP) is 2.50. The maximum absolute atomic E-state index is 5.55. The van der Waals surface area contributed by atoms with Crippen molar-refractivity contribution in [1.82, 2.24) is 0 Å². The number of quaternary nitrogens is 1. The molecule has 0 bridgehead atoms. The van der Waals surface area contributed by atoms with Crippen molar-refractivity contribution in [3.8, 4) is 11.5 Å². The molecular weight excluding hydrogens is 262 g/mol. The molecule has 0 unspecified atom stereocenters. The molecule has 2 N–H and O–H groups in total. The first-order valence-corrected chi connectivity index (χ1v) is 7.57. The second-order valence-corrected chi connectivity index (χ2v) is 5.59. The van der Waals surface area contributed by atoms with Crippen LogP contribution in [0, 0.1) is 0 Å². The van der Waals surface area contributed by atoms with Gasteiger partial charge in [-0.25, -0.2) is 0 Å². The molecule has 0 amide bonds. The molecule has 0 saturated heterocycles. The van der Waals surface area contributed by atoms with Gasteiger partial charge in [-0.3, -0.25) is 0 Å². The van der Waals surface area contributed by atoms with Gasteiger partial charge >= 0.3 is 0 Å². The fourth-order valence-corrected chi connectivity index (χ4v) is 2.64. The van der Waals surface area contributed by atoms with Crippen LogP contribution in [0.3, 0.4) is 0 Å².